The number of ether oxygens (including phenoxy) is 1. The van der Waals surface area contributed by atoms with Crippen LogP contribution in [0.5, 0.6) is 0 Å². The number of alkyl halides is 1. The molecule has 0 saturated carbocycles. The van der Waals surface area contributed by atoms with Crippen molar-refractivity contribution in [3.63, 3.8) is 0 Å². The number of halogens is 1. The molecule has 0 radical (unpaired) electrons. The summed E-state index contributed by atoms with van der Waals surface area (Å²) in [6.45, 7) is 4.64. The Labute approximate surface area is 92.7 Å². The van der Waals surface area contributed by atoms with Gasteiger partial charge in [-0.05, 0) is 0 Å². The maximum absolute atomic E-state index is 5.69. The van der Waals surface area contributed by atoms with E-state index >= 15 is 0 Å². The molecule has 1 aromatic heterocycles. The maximum atomic E-state index is 5.69. The van der Waals surface area contributed by atoms with E-state index in [1.807, 2.05) is 5.38 Å². The Bertz CT molecular complexity index is 286. The van der Waals surface area contributed by atoms with Crippen molar-refractivity contribution >= 4 is 22.9 Å². The zero-order valence-corrected chi connectivity index (χ0v) is 9.48. The Morgan fingerprint density at radius 2 is 2.29 bits per heavy atom. The van der Waals surface area contributed by atoms with Crippen LogP contribution in [-0.4, -0.2) is 36.2 Å². The Morgan fingerprint density at radius 3 is 2.93 bits per heavy atom. The van der Waals surface area contributed by atoms with Crippen molar-refractivity contribution in [3.8, 4) is 0 Å². The fraction of sp³-hybridized carbons (Fsp3) is 0.667. The molecule has 0 spiro atoms. The van der Waals surface area contributed by atoms with Crippen molar-refractivity contribution in [2.24, 2.45) is 0 Å². The molecule has 14 heavy (non-hydrogen) atoms. The first-order valence-electron chi connectivity index (χ1n) is 4.68. The summed E-state index contributed by atoms with van der Waals surface area (Å²) in [6, 6.07) is 0. The van der Waals surface area contributed by atoms with Gasteiger partial charge in [-0.15, -0.1) is 22.9 Å². The van der Waals surface area contributed by atoms with E-state index in [0.29, 0.717) is 5.88 Å². The Morgan fingerprint density at radius 1 is 1.50 bits per heavy atom. The number of hydrogen-bond donors (Lipinski definition) is 0. The van der Waals surface area contributed by atoms with Gasteiger partial charge in [0.05, 0.1) is 31.3 Å². The minimum atomic E-state index is 0.514. The van der Waals surface area contributed by atoms with Gasteiger partial charge in [-0.3, -0.25) is 4.90 Å². The highest BCUT2D eigenvalue weighted by molar-refractivity contribution is 7.09. The molecular formula is C9H13ClN2OS. The van der Waals surface area contributed by atoms with E-state index in [1.165, 1.54) is 0 Å². The van der Waals surface area contributed by atoms with Crippen molar-refractivity contribution in [2.75, 3.05) is 26.3 Å². The lowest BCUT2D eigenvalue weighted by molar-refractivity contribution is 0.0341. The largest absolute Gasteiger partial charge is 0.379 e. The summed E-state index contributed by atoms with van der Waals surface area (Å²) in [5.74, 6) is 0.514. The maximum Gasteiger partial charge on any atom is 0.107 e. The summed E-state index contributed by atoms with van der Waals surface area (Å²) in [4.78, 5) is 6.79. The normalized spacial score (nSPS) is 18.6. The van der Waals surface area contributed by atoms with Gasteiger partial charge in [0, 0.05) is 18.5 Å². The van der Waals surface area contributed by atoms with E-state index in [9.17, 15) is 0 Å². The minimum Gasteiger partial charge on any atom is -0.379 e. The molecule has 2 rings (SSSR count). The summed E-state index contributed by atoms with van der Waals surface area (Å²) in [7, 11) is 0. The third kappa shape index (κ3) is 2.67. The molecule has 5 heteroatoms. The lowest BCUT2D eigenvalue weighted by atomic mass is 10.4. The highest BCUT2D eigenvalue weighted by atomic mass is 35.5. The molecule has 1 aromatic rings. The first kappa shape index (κ1) is 10.4. The Balaban J connectivity index is 1.89. The van der Waals surface area contributed by atoms with Crippen LogP contribution in [0.25, 0.3) is 0 Å². The highest BCUT2D eigenvalue weighted by Crippen LogP contribution is 2.14. The topological polar surface area (TPSA) is 25.4 Å². The Kier molecular flexibility index (Phi) is 3.75. The van der Waals surface area contributed by atoms with Gasteiger partial charge < -0.3 is 4.74 Å². The molecule has 0 aliphatic carbocycles. The van der Waals surface area contributed by atoms with Crippen molar-refractivity contribution < 1.29 is 4.74 Å². The molecule has 2 heterocycles. The number of rotatable bonds is 3. The first-order valence-corrected chi connectivity index (χ1v) is 6.09. The molecule has 0 N–H and O–H groups in total. The van der Waals surface area contributed by atoms with Gasteiger partial charge in [-0.25, -0.2) is 4.98 Å². The van der Waals surface area contributed by atoms with Gasteiger partial charge in [0.15, 0.2) is 0 Å². The monoisotopic (exact) mass is 232 g/mol. The predicted molar refractivity (Wildman–Crippen MR) is 57.8 cm³/mol. The van der Waals surface area contributed by atoms with Crippen molar-refractivity contribution in [2.45, 2.75) is 12.4 Å². The van der Waals surface area contributed by atoms with Gasteiger partial charge in [0.2, 0.25) is 0 Å². The molecule has 0 atom stereocenters. The standard InChI is InChI=1S/C9H13ClN2OS/c10-5-8-7-14-9(11-8)6-12-1-3-13-4-2-12/h7H,1-6H2. The summed E-state index contributed by atoms with van der Waals surface area (Å²) >= 11 is 7.38. The number of morpholine rings is 1. The molecule has 0 unspecified atom stereocenters. The van der Waals surface area contributed by atoms with Crippen LogP contribution in [-0.2, 0) is 17.2 Å². The van der Waals surface area contributed by atoms with Crippen LogP contribution in [0.4, 0.5) is 0 Å². The van der Waals surface area contributed by atoms with Crippen LogP contribution >= 0.6 is 22.9 Å². The molecule has 3 nitrogen and oxygen atoms in total. The van der Waals surface area contributed by atoms with E-state index in [-0.39, 0.29) is 0 Å². The Hall–Kier alpha value is -0.160. The molecule has 78 valence electrons. The first-order chi connectivity index (χ1) is 6.88. The number of aromatic nitrogens is 1. The van der Waals surface area contributed by atoms with Crippen LogP contribution in [0.15, 0.2) is 5.38 Å². The highest BCUT2D eigenvalue weighted by Gasteiger charge is 2.12. The molecule has 0 amide bonds. The lowest BCUT2D eigenvalue weighted by Crippen LogP contribution is -2.35. The van der Waals surface area contributed by atoms with E-state index in [1.54, 1.807) is 11.3 Å². The van der Waals surface area contributed by atoms with E-state index < -0.39 is 0 Å². The third-order valence-corrected chi connectivity index (χ3v) is 3.36. The summed E-state index contributed by atoms with van der Waals surface area (Å²) in [6.07, 6.45) is 0. The number of thiazole rings is 1. The van der Waals surface area contributed by atoms with Gasteiger partial charge in [0.25, 0.3) is 0 Å². The van der Waals surface area contributed by atoms with Crippen LogP contribution in [0, 0.1) is 0 Å². The number of nitrogens with zero attached hydrogens (tertiary/aromatic N) is 2. The summed E-state index contributed by atoms with van der Waals surface area (Å²) < 4.78 is 5.28. The summed E-state index contributed by atoms with van der Waals surface area (Å²) in [5.41, 5.74) is 0.986. The average Bonchev–Trinajstić information content (AvgIpc) is 2.67. The number of hydrogen-bond acceptors (Lipinski definition) is 4. The molecular weight excluding hydrogens is 220 g/mol. The molecule has 1 aliphatic rings. The average molecular weight is 233 g/mol. The van der Waals surface area contributed by atoms with Crippen molar-refractivity contribution in [1.82, 2.24) is 9.88 Å². The predicted octanol–water partition coefficient (Wildman–Crippen LogP) is 1.71. The molecule has 1 saturated heterocycles. The van der Waals surface area contributed by atoms with E-state index in [2.05, 4.69) is 9.88 Å². The second-order valence-electron chi connectivity index (χ2n) is 3.25. The quantitative estimate of drug-likeness (QED) is 0.742. The molecule has 0 bridgehead atoms. The van der Waals surface area contributed by atoms with Crippen LogP contribution in [0.3, 0.4) is 0 Å². The summed E-state index contributed by atoms with van der Waals surface area (Å²) in [5, 5.41) is 3.19. The SMILES string of the molecule is ClCc1csc(CN2CCOCC2)n1. The third-order valence-electron chi connectivity index (χ3n) is 2.20. The van der Waals surface area contributed by atoms with Gasteiger partial charge >= 0.3 is 0 Å². The van der Waals surface area contributed by atoms with Crippen molar-refractivity contribution in [1.29, 1.82) is 0 Å². The van der Waals surface area contributed by atoms with Crippen molar-refractivity contribution in [3.05, 3.63) is 16.1 Å². The fourth-order valence-electron chi connectivity index (χ4n) is 1.43. The lowest BCUT2D eigenvalue weighted by Gasteiger charge is -2.25. The van der Waals surface area contributed by atoms with Gasteiger partial charge in [-0.2, -0.15) is 0 Å². The zero-order chi connectivity index (χ0) is 9.80. The smallest absolute Gasteiger partial charge is 0.107 e. The van der Waals surface area contributed by atoms with Gasteiger partial charge in [0.1, 0.15) is 5.01 Å². The van der Waals surface area contributed by atoms with E-state index in [4.69, 9.17) is 16.3 Å². The molecule has 0 aromatic carbocycles. The second-order valence-corrected chi connectivity index (χ2v) is 4.46. The van der Waals surface area contributed by atoms with E-state index in [0.717, 1.165) is 43.5 Å². The van der Waals surface area contributed by atoms with Crippen LogP contribution in [0.1, 0.15) is 10.7 Å². The van der Waals surface area contributed by atoms with Gasteiger partial charge in [-0.1, -0.05) is 0 Å². The van der Waals surface area contributed by atoms with Crippen LogP contribution in [0.2, 0.25) is 0 Å². The second kappa shape index (κ2) is 5.07. The molecule has 1 fully saturated rings. The molecule has 1 aliphatic heterocycles. The zero-order valence-electron chi connectivity index (χ0n) is 7.91. The fourth-order valence-corrected chi connectivity index (χ4v) is 2.50. The minimum absolute atomic E-state index is 0.514. The van der Waals surface area contributed by atoms with Crippen LogP contribution < -0.4 is 0 Å².